The Balaban J connectivity index is 2.29. The number of hydrogen-bond acceptors (Lipinski definition) is 7. The van der Waals surface area contributed by atoms with Gasteiger partial charge in [0.2, 0.25) is 0 Å². The molecule has 0 aliphatic rings. The van der Waals surface area contributed by atoms with Crippen molar-refractivity contribution in [1.82, 2.24) is 0 Å². The summed E-state index contributed by atoms with van der Waals surface area (Å²) in [5.41, 5.74) is 1.58. The Hall–Kier alpha value is -2.48. The molecule has 0 spiro atoms. The largest absolute Gasteiger partial charge is 0.460 e. The first-order valence-corrected chi connectivity index (χ1v) is 9.92. The molecule has 0 fully saturated rings. The third kappa shape index (κ3) is 11.5. The van der Waals surface area contributed by atoms with Crippen LogP contribution in [0.15, 0.2) is 54.6 Å². The van der Waals surface area contributed by atoms with Gasteiger partial charge in [0.1, 0.15) is 13.2 Å². The zero-order valence-corrected chi connectivity index (χ0v) is 17.9. The van der Waals surface area contributed by atoms with Gasteiger partial charge in [-0.2, -0.15) is 0 Å². The van der Waals surface area contributed by atoms with Crippen molar-refractivity contribution in [2.45, 2.75) is 33.0 Å². The Morgan fingerprint density at radius 1 is 0.933 bits per heavy atom. The Morgan fingerprint density at radius 2 is 1.63 bits per heavy atom. The quantitative estimate of drug-likeness (QED) is 0.231. The molecule has 0 amide bonds. The minimum atomic E-state index is -0.459. The van der Waals surface area contributed by atoms with Crippen LogP contribution in [0.2, 0.25) is 0 Å². The van der Waals surface area contributed by atoms with Crippen molar-refractivity contribution in [2.75, 3.05) is 39.6 Å². The van der Waals surface area contributed by atoms with E-state index in [1.807, 2.05) is 37.3 Å². The molecular weight excluding hydrogens is 388 g/mol. The van der Waals surface area contributed by atoms with E-state index in [2.05, 4.69) is 13.2 Å². The van der Waals surface area contributed by atoms with E-state index in [0.717, 1.165) is 5.56 Å². The fourth-order valence-corrected chi connectivity index (χ4v) is 2.29. The normalized spacial score (nSPS) is 11.5. The maximum absolute atomic E-state index is 12.2. The van der Waals surface area contributed by atoms with Gasteiger partial charge in [0, 0.05) is 24.2 Å². The molecule has 0 radical (unpaired) electrons. The maximum Gasteiger partial charge on any atom is 0.333 e. The van der Waals surface area contributed by atoms with E-state index >= 15 is 0 Å². The van der Waals surface area contributed by atoms with Crippen LogP contribution < -0.4 is 0 Å². The number of rotatable bonds is 16. The summed E-state index contributed by atoms with van der Waals surface area (Å²) < 4.78 is 26.8. The Labute approximate surface area is 178 Å². The molecule has 30 heavy (non-hydrogen) atoms. The van der Waals surface area contributed by atoms with Crippen molar-refractivity contribution in [3.05, 3.63) is 60.2 Å². The lowest BCUT2D eigenvalue weighted by Gasteiger charge is -2.18. The Bertz CT molecular complexity index is 669. The topological polar surface area (TPSA) is 80.3 Å². The van der Waals surface area contributed by atoms with Crippen molar-refractivity contribution in [2.24, 2.45) is 0 Å². The molecule has 1 aromatic rings. The monoisotopic (exact) mass is 420 g/mol. The second-order valence-corrected chi connectivity index (χ2v) is 6.55. The first-order chi connectivity index (χ1) is 14.4. The second-order valence-electron chi connectivity index (χ2n) is 6.55. The second kappa shape index (κ2) is 15.4. The minimum absolute atomic E-state index is 0.151. The Morgan fingerprint density at radius 3 is 2.30 bits per heavy atom. The summed E-state index contributed by atoms with van der Waals surface area (Å²) in [6, 6.07) is 9.44. The highest BCUT2D eigenvalue weighted by Crippen LogP contribution is 2.11. The highest BCUT2D eigenvalue weighted by atomic mass is 16.6. The van der Waals surface area contributed by atoms with E-state index < -0.39 is 11.9 Å². The minimum Gasteiger partial charge on any atom is -0.460 e. The van der Waals surface area contributed by atoms with E-state index in [1.54, 1.807) is 6.92 Å². The summed E-state index contributed by atoms with van der Waals surface area (Å²) in [5, 5.41) is 0. The molecule has 0 aliphatic carbocycles. The van der Waals surface area contributed by atoms with E-state index in [1.165, 1.54) is 0 Å². The molecule has 1 rings (SSSR count). The Kier molecular flexibility index (Phi) is 13.1. The number of ether oxygens (including phenoxy) is 5. The van der Waals surface area contributed by atoms with Crippen LogP contribution in [0.5, 0.6) is 0 Å². The molecule has 0 heterocycles. The average Bonchev–Trinajstić information content (AvgIpc) is 2.75. The summed E-state index contributed by atoms with van der Waals surface area (Å²) in [7, 11) is 0. The fourth-order valence-electron chi connectivity index (χ4n) is 2.29. The number of hydrogen-bond donors (Lipinski definition) is 0. The highest BCUT2D eigenvalue weighted by molar-refractivity contribution is 5.87. The van der Waals surface area contributed by atoms with E-state index in [-0.39, 0.29) is 25.9 Å². The number of esters is 2. The van der Waals surface area contributed by atoms with Crippen LogP contribution >= 0.6 is 0 Å². The van der Waals surface area contributed by atoms with Crippen molar-refractivity contribution in [3.63, 3.8) is 0 Å². The van der Waals surface area contributed by atoms with Crippen molar-refractivity contribution < 1.29 is 33.3 Å². The summed E-state index contributed by atoms with van der Waals surface area (Å²) in [6.07, 6.45) is -0.0457. The third-order valence-electron chi connectivity index (χ3n) is 3.87. The third-order valence-corrected chi connectivity index (χ3v) is 3.87. The molecule has 0 aromatic heterocycles. The summed E-state index contributed by atoms with van der Waals surface area (Å²) in [6.45, 7) is 12.9. The highest BCUT2D eigenvalue weighted by Gasteiger charge is 2.17. The first kappa shape index (κ1) is 25.6. The number of carbonyl (C=O) groups is 2. The summed E-state index contributed by atoms with van der Waals surface area (Å²) >= 11 is 0. The van der Waals surface area contributed by atoms with Gasteiger partial charge >= 0.3 is 11.9 Å². The number of benzene rings is 1. The molecule has 1 aromatic carbocycles. The lowest BCUT2D eigenvalue weighted by atomic mass is 10.1. The van der Waals surface area contributed by atoms with Crippen LogP contribution in [-0.4, -0.2) is 57.7 Å². The number of carbonyl (C=O) groups excluding carboxylic acids is 2. The van der Waals surface area contributed by atoms with Gasteiger partial charge < -0.3 is 23.7 Å². The molecular formula is C23H32O7. The van der Waals surface area contributed by atoms with Crippen LogP contribution in [0.1, 0.15) is 25.8 Å². The predicted molar refractivity (Wildman–Crippen MR) is 113 cm³/mol. The molecule has 0 saturated carbocycles. The van der Waals surface area contributed by atoms with Gasteiger partial charge in [-0.05, 0) is 19.4 Å². The smallest absolute Gasteiger partial charge is 0.333 e. The first-order valence-electron chi connectivity index (χ1n) is 9.92. The van der Waals surface area contributed by atoms with Gasteiger partial charge in [0.15, 0.2) is 0 Å². The molecule has 0 N–H and O–H groups in total. The lowest BCUT2D eigenvalue weighted by molar-refractivity contribution is -0.142. The SMILES string of the molecule is C=C(C)C(=O)OCCOCCOC(COCC)CC(=C)C(=O)OCc1ccccc1. The van der Waals surface area contributed by atoms with E-state index in [9.17, 15) is 9.59 Å². The molecule has 1 atom stereocenters. The van der Waals surface area contributed by atoms with Crippen molar-refractivity contribution >= 4 is 11.9 Å². The molecule has 1 unspecified atom stereocenters. The van der Waals surface area contributed by atoms with Crippen molar-refractivity contribution in [3.8, 4) is 0 Å². The average molecular weight is 421 g/mol. The molecule has 7 nitrogen and oxygen atoms in total. The van der Waals surface area contributed by atoms with Gasteiger partial charge in [-0.25, -0.2) is 9.59 Å². The van der Waals surface area contributed by atoms with Crippen LogP contribution in [-0.2, 0) is 39.9 Å². The maximum atomic E-state index is 12.2. The van der Waals surface area contributed by atoms with Gasteiger partial charge in [-0.15, -0.1) is 0 Å². The summed E-state index contributed by atoms with van der Waals surface area (Å²) in [5.74, 6) is -0.899. The fraction of sp³-hybridized carbons (Fsp3) is 0.478. The van der Waals surface area contributed by atoms with E-state index in [0.29, 0.717) is 44.0 Å². The van der Waals surface area contributed by atoms with Crippen LogP contribution in [0.3, 0.4) is 0 Å². The van der Waals surface area contributed by atoms with Crippen LogP contribution in [0.4, 0.5) is 0 Å². The van der Waals surface area contributed by atoms with Crippen LogP contribution in [0.25, 0.3) is 0 Å². The van der Waals surface area contributed by atoms with E-state index in [4.69, 9.17) is 23.7 Å². The summed E-state index contributed by atoms with van der Waals surface area (Å²) in [4.78, 5) is 23.4. The zero-order valence-electron chi connectivity index (χ0n) is 17.9. The van der Waals surface area contributed by atoms with Gasteiger partial charge in [-0.1, -0.05) is 43.5 Å². The predicted octanol–water partition coefficient (Wildman–Crippen LogP) is 3.23. The molecule has 0 aliphatic heterocycles. The van der Waals surface area contributed by atoms with Crippen LogP contribution in [0, 0.1) is 0 Å². The molecule has 166 valence electrons. The molecule has 7 heteroatoms. The zero-order chi connectivity index (χ0) is 22.2. The van der Waals surface area contributed by atoms with Gasteiger partial charge in [-0.3, -0.25) is 0 Å². The lowest BCUT2D eigenvalue weighted by Crippen LogP contribution is -2.25. The molecule has 0 bridgehead atoms. The van der Waals surface area contributed by atoms with Crippen molar-refractivity contribution in [1.29, 1.82) is 0 Å². The van der Waals surface area contributed by atoms with Gasteiger partial charge in [0.05, 0.1) is 32.5 Å². The molecule has 0 saturated heterocycles. The van der Waals surface area contributed by atoms with Gasteiger partial charge in [0.25, 0.3) is 0 Å². The standard InChI is InChI=1S/C23H32O7/c1-5-26-17-21(28-13-11-27-12-14-29-22(24)18(2)3)15-19(4)23(25)30-16-20-9-7-6-8-10-20/h6-10,21H,2,4-5,11-17H2,1,3H3.